The van der Waals surface area contributed by atoms with Gasteiger partial charge in [-0.25, -0.2) is 4.98 Å². The number of nitro groups is 1. The Labute approximate surface area is 143 Å². The van der Waals surface area contributed by atoms with Gasteiger partial charge in [0.15, 0.2) is 0 Å². The van der Waals surface area contributed by atoms with Crippen LogP contribution in [0, 0.1) is 10.1 Å². The molecular formula is C15H17ClN6O2. The second kappa shape index (κ2) is 6.98. The molecule has 0 atom stereocenters. The lowest BCUT2D eigenvalue weighted by Gasteiger charge is -2.30. The van der Waals surface area contributed by atoms with E-state index in [0.717, 1.165) is 18.5 Å². The van der Waals surface area contributed by atoms with Crippen molar-refractivity contribution >= 4 is 34.7 Å². The number of hydrogen-bond donors (Lipinski definition) is 2. The standard InChI is InChI=1S/C15H17ClN6O2/c16-10-1-3-12(4-2-10)19-15-18-9-13(22(23)24)14(20-15)21-7-5-11(17)6-8-21/h1-4,9,11H,5-8,17H2,(H,18,19,20). The van der Waals surface area contributed by atoms with Crippen molar-refractivity contribution in [2.75, 3.05) is 23.3 Å². The first-order valence-corrected chi connectivity index (χ1v) is 7.95. The van der Waals surface area contributed by atoms with Crippen LogP contribution in [0.15, 0.2) is 30.5 Å². The third-order valence-corrected chi connectivity index (χ3v) is 4.14. The number of hydrogen-bond acceptors (Lipinski definition) is 7. The fourth-order valence-electron chi connectivity index (χ4n) is 2.56. The molecule has 1 saturated heterocycles. The van der Waals surface area contributed by atoms with Crippen molar-refractivity contribution in [3.63, 3.8) is 0 Å². The number of aromatic nitrogens is 2. The van der Waals surface area contributed by atoms with Gasteiger partial charge in [0, 0.05) is 29.8 Å². The summed E-state index contributed by atoms with van der Waals surface area (Å²) in [5.74, 6) is 0.617. The van der Waals surface area contributed by atoms with Crippen molar-refractivity contribution < 1.29 is 4.92 Å². The predicted octanol–water partition coefficient (Wildman–Crippen LogP) is 2.71. The molecule has 0 radical (unpaired) electrons. The van der Waals surface area contributed by atoms with Gasteiger partial charge >= 0.3 is 5.69 Å². The van der Waals surface area contributed by atoms with Gasteiger partial charge in [-0.3, -0.25) is 10.1 Å². The largest absolute Gasteiger partial charge is 0.351 e. The van der Waals surface area contributed by atoms with Crippen LogP contribution in [0.5, 0.6) is 0 Å². The first-order chi connectivity index (χ1) is 11.5. The predicted molar refractivity (Wildman–Crippen MR) is 92.8 cm³/mol. The second-order valence-corrected chi connectivity index (χ2v) is 6.05. The summed E-state index contributed by atoms with van der Waals surface area (Å²) < 4.78 is 0. The molecule has 1 aromatic carbocycles. The maximum absolute atomic E-state index is 11.3. The molecule has 24 heavy (non-hydrogen) atoms. The van der Waals surface area contributed by atoms with E-state index in [4.69, 9.17) is 17.3 Å². The van der Waals surface area contributed by atoms with Crippen molar-refractivity contribution in [2.45, 2.75) is 18.9 Å². The van der Waals surface area contributed by atoms with E-state index in [9.17, 15) is 10.1 Å². The first-order valence-electron chi connectivity index (χ1n) is 7.57. The Hall–Kier alpha value is -2.45. The molecule has 0 bridgehead atoms. The van der Waals surface area contributed by atoms with Crippen LogP contribution in [0.3, 0.4) is 0 Å². The van der Waals surface area contributed by atoms with E-state index in [-0.39, 0.29) is 11.7 Å². The van der Waals surface area contributed by atoms with Gasteiger partial charge in [-0.05, 0) is 37.1 Å². The van der Waals surface area contributed by atoms with Crippen molar-refractivity contribution in [3.05, 3.63) is 45.6 Å². The Morgan fingerprint density at radius 2 is 1.96 bits per heavy atom. The van der Waals surface area contributed by atoms with Crippen LogP contribution in [-0.2, 0) is 0 Å². The number of rotatable bonds is 4. The smallest absolute Gasteiger partial charge is 0.329 e. The molecule has 0 saturated carbocycles. The summed E-state index contributed by atoms with van der Waals surface area (Å²) in [6.45, 7) is 1.28. The van der Waals surface area contributed by atoms with Gasteiger partial charge in [-0.15, -0.1) is 0 Å². The van der Waals surface area contributed by atoms with E-state index < -0.39 is 4.92 Å². The molecule has 2 heterocycles. The van der Waals surface area contributed by atoms with Crippen molar-refractivity contribution in [3.8, 4) is 0 Å². The highest BCUT2D eigenvalue weighted by Crippen LogP contribution is 2.29. The molecule has 9 heteroatoms. The van der Waals surface area contributed by atoms with Gasteiger partial charge in [0.05, 0.1) is 4.92 Å². The zero-order valence-corrected chi connectivity index (χ0v) is 13.6. The van der Waals surface area contributed by atoms with Gasteiger partial charge in [0.1, 0.15) is 6.20 Å². The molecule has 1 aliphatic heterocycles. The number of halogens is 1. The van der Waals surface area contributed by atoms with Gasteiger partial charge in [0.2, 0.25) is 11.8 Å². The molecule has 0 spiro atoms. The van der Waals surface area contributed by atoms with Crippen LogP contribution in [0.2, 0.25) is 5.02 Å². The van der Waals surface area contributed by atoms with Crippen molar-refractivity contribution in [1.29, 1.82) is 0 Å². The van der Waals surface area contributed by atoms with E-state index in [1.165, 1.54) is 6.20 Å². The maximum Gasteiger partial charge on any atom is 0.329 e. The molecule has 1 fully saturated rings. The van der Waals surface area contributed by atoms with E-state index >= 15 is 0 Å². The molecule has 8 nitrogen and oxygen atoms in total. The monoisotopic (exact) mass is 348 g/mol. The number of nitrogens with one attached hydrogen (secondary N) is 1. The lowest BCUT2D eigenvalue weighted by Crippen LogP contribution is -2.40. The lowest BCUT2D eigenvalue weighted by molar-refractivity contribution is -0.384. The maximum atomic E-state index is 11.3. The summed E-state index contributed by atoms with van der Waals surface area (Å²) in [5, 5.41) is 14.9. The van der Waals surface area contributed by atoms with Crippen LogP contribution < -0.4 is 16.0 Å². The zero-order chi connectivity index (χ0) is 17.1. The van der Waals surface area contributed by atoms with Gasteiger partial charge < -0.3 is 16.0 Å². The van der Waals surface area contributed by atoms with Crippen LogP contribution in [0.25, 0.3) is 0 Å². The normalized spacial score (nSPS) is 15.3. The summed E-state index contributed by atoms with van der Waals surface area (Å²) in [5.41, 5.74) is 6.55. The molecule has 1 aliphatic rings. The first kappa shape index (κ1) is 16.4. The molecule has 1 aromatic heterocycles. The van der Waals surface area contributed by atoms with E-state index in [0.29, 0.717) is 29.9 Å². The molecule has 3 rings (SSSR count). The highest BCUT2D eigenvalue weighted by atomic mass is 35.5. The zero-order valence-electron chi connectivity index (χ0n) is 12.9. The van der Waals surface area contributed by atoms with Gasteiger partial charge in [0.25, 0.3) is 0 Å². The van der Waals surface area contributed by atoms with Crippen LogP contribution in [0.1, 0.15) is 12.8 Å². The van der Waals surface area contributed by atoms with Gasteiger partial charge in [-0.1, -0.05) is 11.6 Å². The second-order valence-electron chi connectivity index (χ2n) is 5.62. The lowest BCUT2D eigenvalue weighted by atomic mass is 10.1. The molecule has 0 unspecified atom stereocenters. The topological polar surface area (TPSA) is 110 Å². The summed E-state index contributed by atoms with van der Waals surface area (Å²) in [4.78, 5) is 21.1. The fraction of sp³-hybridized carbons (Fsp3) is 0.333. The Bertz CT molecular complexity index is 731. The Kier molecular flexibility index (Phi) is 4.77. The minimum absolute atomic E-state index is 0.105. The molecule has 0 amide bonds. The number of benzene rings is 1. The molecule has 3 N–H and O–H groups in total. The van der Waals surface area contributed by atoms with Crippen molar-refractivity contribution in [1.82, 2.24) is 9.97 Å². The summed E-state index contributed by atoms with van der Waals surface area (Å²) >= 11 is 5.86. The molecular weight excluding hydrogens is 332 g/mol. The number of nitrogens with two attached hydrogens (primary N) is 1. The van der Waals surface area contributed by atoms with E-state index in [1.807, 2.05) is 4.90 Å². The fourth-order valence-corrected chi connectivity index (χ4v) is 2.69. The minimum atomic E-state index is -0.462. The Morgan fingerprint density at radius 1 is 1.29 bits per heavy atom. The quantitative estimate of drug-likeness (QED) is 0.645. The minimum Gasteiger partial charge on any atom is -0.351 e. The third-order valence-electron chi connectivity index (χ3n) is 3.89. The summed E-state index contributed by atoms with van der Waals surface area (Å²) in [6, 6.07) is 7.18. The SMILES string of the molecule is NC1CCN(c2nc(Nc3ccc(Cl)cc3)ncc2[N+](=O)[O-])CC1. The summed E-state index contributed by atoms with van der Waals surface area (Å²) in [6.07, 6.45) is 2.79. The van der Waals surface area contributed by atoms with Crippen LogP contribution in [-0.4, -0.2) is 34.0 Å². The van der Waals surface area contributed by atoms with Crippen LogP contribution in [0.4, 0.5) is 23.1 Å². The van der Waals surface area contributed by atoms with Crippen molar-refractivity contribution in [2.24, 2.45) is 5.73 Å². The average Bonchev–Trinajstić information content (AvgIpc) is 2.57. The van der Waals surface area contributed by atoms with Gasteiger partial charge in [-0.2, -0.15) is 4.98 Å². The van der Waals surface area contributed by atoms with E-state index in [1.54, 1.807) is 24.3 Å². The van der Waals surface area contributed by atoms with E-state index in [2.05, 4.69) is 15.3 Å². The Balaban J connectivity index is 1.87. The highest BCUT2D eigenvalue weighted by molar-refractivity contribution is 6.30. The number of anilines is 3. The Morgan fingerprint density at radius 3 is 2.58 bits per heavy atom. The highest BCUT2D eigenvalue weighted by Gasteiger charge is 2.26. The third kappa shape index (κ3) is 3.72. The average molecular weight is 349 g/mol. The number of nitrogens with zero attached hydrogens (tertiary/aromatic N) is 4. The molecule has 2 aromatic rings. The molecule has 0 aliphatic carbocycles. The van der Waals surface area contributed by atoms with Crippen LogP contribution >= 0.6 is 11.6 Å². The molecule has 126 valence electrons. The number of piperidine rings is 1. The summed E-state index contributed by atoms with van der Waals surface area (Å²) in [7, 11) is 0.